The molecule has 1 N–H and O–H groups in total. The van der Waals surface area contributed by atoms with E-state index >= 15 is 0 Å². The third-order valence-electron chi connectivity index (χ3n) is 5.37. The van der Waals surface area contributed by atoms with Crippen LogP contribution in [0, 0.1) is 11.8 Å². The molecule has 9 heteroatoms. The monoisotopic (exact) mass is 382 g/mol. The topological polar surface area (TPSA) is 101 Å². The molecule has 2 fully saturated rings. The molecule has 0 aromatic heterocycles. The van der Waals surface area contributed by atoms with E-state index in [0.29, 0.717) is 45.3 Å². The number of carboxylic acid groups (broad SMARTS) is 1. The number of carboxylic acids is 1. The normalized spacial score (nSPS) is 20.9. The molecular formula is C18H30N4O5. The number of likely N-dealkylation sites (tertiary alicyclic amines) is 2. The Balaban J connectivity index is 1.82. The Morgan fingerprint density at radius 2 is 1.56 bits per heavy atom. The molecular weight excluding hydrogens is 352 g/mol. The summed E-state index contributed by atoms with van der Waals surface area (Å²) in [7, 11) is 5.01. The van der Waals surface area contributed by atoms with E-state index in [9.17, 15) is 19.2 Å². The van der Waals surface area contributed by atoms with Crippen LogP contribution in [0.1, 0.15) is 25.7 Å². The van der Waals surface area contributed by atoms with E-state index in [4.69, 9.17) is 5.11 Å². The zero-order valence-electron chi connectivity index (χ0n) is 16.4. The molecule has 2 heterocycles. The summed E-state index contributed by atoms with van der Waals surface area (Å²) in [6.45, 7) is 1.77. The van der Waals surface area contributed by atoms with Crippen molar-refractivity contribution in [3.8, 4) is 0 Å². The summed E-state index contributed by atoms with van der Waals surface area (Å²) in [6.07, 6.45) is 2.42. The average molecular weight is 382 g/mol. The number of amides is 4. The number of likely N-dealkylation sites (N-methyl/N-ethyl adjacent to an activating group) is 1. The van der Waals surface area contributed by atoms with Crippen molar-refractivity contribution in [3.05, 3.63) is 0 Å². The van der Waals surface area contributed by atoms with E-state index < -0.39 is 11.9 Å². The minimum Gasteiger partial charge on any atom is -0.481 e. The Bertz CT molecular complexity index is 586. The molecule has 2 aliphatic rings. The zero-order valence-corrected chi connectivity index (χ0v) is 16.4. The van der Waals surface area contributed by atoms with Crippen molar-refractivity contribution >= 4 is 23.8 Å². The summed E-state index contributed by atoms with van der Waals surface area (Å²) >= 11 is 0. The number of carbonyl (C=O) groups excluding carboxylic acids is 3. The molecule has 152 valence electrons. The predicted octanol–water partition coefficient (Wildman–Crippen LogP) is 0.162. The first-order valence-electron chi connectivity index (χ1n) is 9.42. The van der Waals surface area contributed by atoms with Gasteiger partial charge >= 0.3 is 12.0 Å². The summed E-state index contributed by atoms with van der Waals surface area (Å²) in [6, 6.07) is -0.0532. The van der Waals surface area contributed by atoms with E-state index in [0.717, 1.165) is 0 Å². The van der Waals surface area contributed by atoms with Gasteiger partial charge in [-0.05, 0) is 25.7 Å². The van der Waals surface area contributed by atoms with E-state index in [2.05, 4.69) is 0 Å². The Morgan fingerprint density at radius 3 is 2.11 bits per heavy atom. The lowest BCUT2D eigenvalue weighted by atomic mass is 9.95. The van der Waals surface area contributed by atoms with Gasteiger partial charge in [0.15, 0.2) is 0 Å². The van der Waals surface area contributed by atoms with Crippen molar-refractivity contribution in [2.45, 2.75) is 25.7 Å². The lowest BCUT2D eigenvalue weighted by Crippen LogP contribution is -2.49. The molecule has 2 rings (SSSR count). The molecule has 0 aromatic rings. The van der Waals surface area contributed by atoms with E-state index in [1.807, 2.05) is 0 Å². The number of piperidine rings is 2. The van der Waals surface area contributed by atoms with Gasteiger partial charge in [0, 0.05) is 53.2 Å². The van der Waals surface area contributed by atoms with Crippen LogP contribution in [0.5, 0.6) is 0 Å². The number of hydrogen-bond donors (Lipinski definition) is 1. The summed E-state index contributed by atoms with van der Waals surface area (Å²) in [4.78, 5) is 54.4. The van der Waals surface area contributed by atoms with Gasteiger partial charge in [-0.1, -0.05) is 0 Å². The maximum atomic E-state index is 12.6. The van der Waals surface area contributed by atoms with Crippen molar-refractivity contribution < 1.29 is 24.3 Å². The average Bonchev–Trinajstić information content (AvgIpc) is 2.66. The SMILES string of the molecule is CN(C)C(=O)N1CCC(C(=O)N(C)CC(=O)N2CCCC(C(=O)O)C2)CC1. The van der Waals surface area contributed by atoms with Crippen LogP contribution in [0.25, 0.3) is 0 Å². The molecule has 1 atom stereocenters. The second kappa shape index (κ2) is 9.05. The first kappa shape index (κ1) is 21.0. The summed E-state index contributed by atoms with van der Waals surface area (Å²) in [5, 5.41) is 9.14. The highest BCUT2D eigenvalue weighted by Crippen LogP contribution is 2.21. The largest absolute Gasteiger partial charge is 0.481 e. The van der Waals surface area contributed by atoms with Gasteiger partial charge < -0.3 is 24.7 Å². The standard InChI is InChI=1S/C18H30N4O5/c1-19(2)18(27)21-9-6-13(7-10-21)16(24)20(3)12-15(23)22-8-4-5-14(11-22)17(25)26/h13-14H,4-12H2,1-3H3,(H,25,26). The van der Waals surface area contributed by atoms with Crippen molar-refractivity contribution in [2.24, 2.45) is 11.8 Å². The van der Waals surface area contributed by atoms with E-state index in [1.165, 1.54) is 9.80 Å². The van der Waals surface area contributed by atoms with Crippen molar-refractivity contribution in [2.75, 3.05) is 53.9 Å². The Hall–Kier alpha value is -2.32. The molecule has 27 heavy (non-hydrogen) atoms. The number of hydrogen-bond acceptors (Lipinski definition) is 4. The first-order valence-corrected chi connectivity index (χ1v) is 9.42. The highest BCUT2D eigenvalue weighted by Gasteiger charge is 2.32. The van der Waals surface area contributed by atoms with Gasteiger partial charge in [0.2, 0.25) is 11.8 Å². The fourth-order valence-electron chi connectivity index (χ4n) is 3.70. The first-order chi connectivity index (χ1) is 12.7. The van der Waals surface area contributed by atoms with Crippen LogP contribution in [0.15, 0.2) is 0 Å². The number of aliphatic carboxylic acids is 1. The molecule has 9 nitrogen and oxygen atoms in total. The molecule has 0 bridgehead atoms. The summed E-state index contributed by atoms with van der Waals surface area (Å²) in [5.74, 6) is -1.90. The molecule has 0 aliphatic carbocycles. The molecule has 2 saturated heterocycles. The van der Waals surface area contributed by atoms with Gasteiger partial charge in [0.05, 0.1) is 12.5 Å². The second-order valence-electron chi connectivity index (χ2n) is 7.65. The lowest BCUT2D eigenvalue weighted by molar-refractivity contribution is -0.148. The van der Waals surface area contributed by atoms with Crippen LogP contribution >= 0.6 is 0 Å². The van der Waals surface area contributed by atoms with Crippen LogP contribution in [0.4, 0.5) is 4.79 Å². The molecule has 0 radical (unpaired) electrons. The smallest absolute Gasteiger partial charge is 0.319 e. The fraction of sp³-hybridized carbons (Fsp3) is 0.778. The Kier molecular flexibility index (Phi) is 7.04. The zero-order chi connectivity index (χ0) is 20.1. The number of urea groups is 1. The van der Waals surface area contributed by atoms with Gasteiger partial charge in [-0.15, -0.1) is 0 Å². The summed E-state index contributed by atoms with van der Waals surface area (Å²) < 4.78 is 0. The Labute approximate surface area is 159 Å². The van der Waals surface area contributed by atoms with Crippen LogP contribution in [0.3, 0.4) is 0 Å². The third-order valence-corrected chi connectivity index (χ3v) is 5.37. The number of rotatable bonds is 4. The minimum absolute atomic E-state index is 0.0397. The Morgan fingerprint density at radius 1 is 0.926 bits per heavy atom. The molecule has 0 spiro atoms. The fourth-order valence-corrected chi connectivity index (χ4v) is 3.70. The van der Waals surface area contributed by atoms with Gasteiger partial charge in [-0.3, -0.25) is 14.4 Å². The molecule has 1 unspecified atom stereocenters. The number of carbonyl (C=O) groups is 4. The van der Waals surface area contributed by atoms with Crippen molar-refractivity contribution in [3.63, 3.8) is 0 Å². The van der Waals surface area contributed by atoms with Gasteiger partial charge in [-0.25, -0.2) is 4.79 Å². The number of nitrogens with zero attached hydrogens (tertiary/aromatic N) is 4. The molecule has 0 saturated carbocycles. The van der Waals surface area contributed by atoms with Crippen LogP contribution < -0.4 is 0 Å². The second-order valence-corrected chi connectivity index (χ2v) is 7.65. The van der Waals surface area contributed by atoms with Crippen molar-refractivity contribution in [1.82, 2.24) is 19.6 Å². The van der Waals surface area contributed by atoms with Crippen LogP contribution in [0.2, 0.25) is 0 Å². The minimum atomic E-state index is -0.879. The summed E-state index contributed by atoms with van der Waals surface area (Å²) in [5.41, 5.74) is 0. The quantitative estimate of drug-likeness (QED) is 0.746. The van der Waals surface area contributed by atoms with Crippen molar-refractivity contribution in [1.29, 1.82) is 0 Å². The molecule has 2 aliphatic heterocycles. The van der Waals surface area contributed by atoms with Crippen LogP contribution in [-0.4, -0.2) is 102 Å². The van der Waals surface area contributed by atoms with Gasteiger partial charge in [0.25, 0.3) is 0 Å². The molecule has 0 aromatic carbocycles. The molecule has 4 amide bonds. The van der Waals surface area contributed by atoms with Gasteiger partial charge in [0.1, 0.15) is 0 Å². The highest BCUT2D eigenvalue weighted by molar-refractivity contribution is 5.86. The van der Waals surface area contributed by atoms with Crippen LogP contribution in [-0.2, 0) is 14.4 Å². The lowest BCUT2D eigenvalue weighted by Gasteiger charge is -2.35. The van der Waals surface area contributed by atoms with E-state index in [1.54, 1.807) is 30.9 Å². The maximum absolute atomic E-state index is 12.6. The van der Waals surface area contributed by atoms with Gasteiger partial charge in [-0.2, -0.15) is 0 Å². The van der Waals surface area contributed by atoms with E-state index in [-0.39, 0.29) is 36.9 Å². The third kappa shape index (κ3) is 5.33. The maximum Gasteiger partial charge on any atom is 0.319 e. The predicted molar refractivity (Wildman–Crippen MR) is 98.0 cm³/mol. The highest BCUT2D eigenvalue weighted by atomic mass is 16.4.